The lowest BCUT2D eigenvalue weighted by Gasteiger charge is -2.05. The van der Waals surface area contributed by atoms with Crippen molar-refractivity contribution in [1.29, 1.82) is 0 Å². The van der Waals surface area contributed by atoms with E-state index >= 15 is 0 Å². The summed E-state index contributed by atoms with van der Waals surface area (Å²) in [5.74, 6) is -2.67. The summed E-state index contributed by atoms with van der Waals surface area (Å²) in [6.45, 7) is 0. The molecule has 0 bridgehead atoms. The minimum Gasteiger partial charge on any atom is -0.331 e. The van der Waals surface area contributed by atoms with Gasteiger partial charge in [0.2, 0.25) is 5.95 Å². The Balaban J connectivity index is 2.31. The lowest BCUT2D eigenvalue weighted by molar-refractivity contribution is 0.101. The number of H-pyrrole nitrogens is 1. The number of aromatic nitrogens is 2. The van der Waals surface area contributed by atoms with E-state index in [9.17, 15) is 13.6 Å². The highest BCUT2D eigenvalue weighted by atomic mass is 79.9. The summed E-state index contributed by atoms with van der Waals surface area (Å²) in [6, 6.07) is 2.03. The number of carbonyl (C=O) groups is 1. The minimum absolute atomic E-state index is 0.122. The zero-order chi connectivity index (χ0) is 12.4. The van der Waals surface area contributed by atoms with E-state index in [0.29, 0.717) is 0 Å². The number of nitrogens with zero attached hydrogens (tertiary/aromatic N) is 1. The van der Waals surface area contributed by atoms with Gasteiger partial charge in [-0.2, -0.15) is 0 Å². The van der Waals surface area contributed by atoms with Gasteiger partial charge in [0.1, 0.15) is 17.2 Å². The normalized spacial score (nSPS) is 10.3. The van der Waals surface area contributed by atoms with E-state index in [2.05, 4.69) is 31.2 Å². The fourth-order valence-corrected chi connectivity index (χ4v) is 1.66. The van der Waals surface area contributed by atoms with Crippen LogP contribution in [0.15, 0.2) is 29.0 Å². The number of benzene rings is 1. The van der Waals surface area contributed by atoms with Crippen LogP contribution in [0.4, 0.5) is 14.7 Å². The Hall–Kier alpha value is -1.76. The molecule has 0 atom stereocenters. The van der Waals surface area contributed by atoms with Crippen LogP contribution >= 0.6 is 15.9 Å². The Morgan fingerprint density at radius 3 is 2.53 bits per heavy atom. The van der Waals surface area contributed by atoms with Crippen LogP contribution in [0.5, 0.6) is 0 Å². The third kappa shape index (κ3) is 2.50. The number of nitrogens with one attached hydrogen (secondary N) is 2. The zero-order valence-electron chi connectivity index (χ0n) is 8.30. The summed E-state index contributed by atoms with van der Waals surface area (Å²) in [5, 5.41) is 2.24. The number of amides is 1. The quantitative estimate of drug-likeness (QED) is 0.896. The molecule has 88 valence electrons. The van der Waals surface area contributed by atoms with Crippen LogP contribution in [0, 0.1) is 11.6 Å². The first-order valence-corrected chi connectivity index (χ1v) is 5.32. The highest BCUT2D eigenvalue weighted by molar-refractivity contribution is 9.10. The van der Waals surface area contributed by atoms with Crippen molar-refractivity contribution in [3.63, 3.8) is 0 Å². The number of carbonyl (C=O) groups excluding carboxylic acids is 1. The first-order valence-electron chi connectivity index (χ1n) is 4.53. The second-order valence-corrected chi connectivity index (χ2v) is 4.05. The van der Waals surface area contributed by atoms with Crippen molar-refractivity contribution >= 4 is 27.8 Å². The Morgan fingerprint density at radius 1 is 1.35 bits per heavy atom. The van der Waals surface area contributed by atoms with Crippen LogP contribution in [0.1, 0.15) is 10.4 Å². The molecular formula is C10H6BrF2N3O. The molecule has 1 aromatic carbocycles. The Labute approximate surface area is 103 Å². The SMILES string of the molecule is O=C(Nc1ncc[nH]1)c1c(F)cc(Br)cc1F. The van der Waals surface area contributed by atoms with Gasteiger partial charge in [0, 0.05) is 16.9 Å². The molecule has 0 aliphatic carbocycles. The lowest BCUT2D eigenvalue weighted by atomic mass is 10.2. The molecular weight excluding hydrogens is 296 g/mol. The number of rotatable bonds is 2. The maximum atomic E-state index is 13.4. The maximum Gasteiger partial charge on any atom is 0.263 e. The van der Waals surface area contributed by atoms with Gasteiger partial charge in [-0.15, -0.1) is 0 Å². The molecule has 2 N–H and O–H groups in total. The fraction of sp³-hybridized carbons (Fsp3) is 0. The molecule has 2 aromatic rings. The molecule has 17 heavy (non-hydrogen) atoms. The predicted octanol–water partition coefficient (Wildman–Crippen LogP) is 2.70. The molecule has 0 fully saturated rings. The average Bonchev–Trinajstić information content (AvgIpc) is 2.68. The van der Waals surface area contributed by atoms with E-state index in [0.717, 1.165) is 12.1 Å². The van der Waals surface area contributed by atoms with Crippen molar-refractivity contribution in [1.82, 2.24) is 9.97 Å². The molecule has 1 heterocycles. The number of hydrogen-bond acceptors (Lipinski definition) is 2. The highest BCUT2D eigenvalue weighted by Crippen LogP contribution is 2.20. The van der Waals surface area contributed by atoms with E-state index in [1.165, 1.54) is 12.4 Å². The van der Waals surface area contributed by atoms with Crippen LogP contribution in [0.25, 0.3) is 0 Å². The molecule has 0 unspecified atom stereocenters. The molecule has 0 saturated heterocycles. The van der Waals surface area contributed by atoms with Crippen LogP contribution in [-0.2, 0) is 0 Å². The smallest absolute Gasteiger partial charge is 0.263 e. The van der Waals surface area contributed by atoms with Crippen LogP contribution < -0.4 is 5.32 Å². The number of halogens is 3. The van der Waals surface area contributed by atoms with Gasteiger partial charge in [0.05, 0.1) is 0 Å². The minimum atomic E-state index is -0.944. The van der Waals surface area contributed by atoms with Gasteiger partial charge >= 0.3 is 0 Å². The Kier molecular flexibility index (Phi) is 3.19. The fourth-order valence-electron chi connectivity index (χ4n) is 1.26. The third-order valence-electron chi connectivity index (χ3n) is 1.96. The van der Waals surface area contributed by atoms with E-state index in [1.54, 1.807) is 0 Å². The van der Waals surface area contributed by atoms with Crippen molar-refractivity contribution in [2.45, 2.75) is 0 Å². The third-order valence-corrected chi connectivity index (χ3v) is 2.42. The summed E-state index contributed by atoms with van der Waals surface area (Å²) in [6.07, 6.45) is 2.88. The Bertz CT molecular complexity index is 534. The standard InChI is InChI=1S/C10H6BrF2N3O/c11-5-3-6(12)8(7(13)4-5)9(17)16-10-14-1-2-15-10/h1-4H,(H2,14,15,16,17). The van der Waals surface area contributed by atoms with Crippen molar-refractivity contribution in [3.05, 3.63) is 46.2 Å². The second-order valence-electron chi connectivity index (χ2n) is 3.14. The molecule has 0 aliphatic heterocycles. The van der Waals surface area contributed by atoms with Gasteiger partial charge in [-0.25, -0.2) is 13.8 Å². The first-order chi connectivity index (χ1) is 8.08. The number of aromatic amines is 1. The van der Waals surface area contributed by atoms with E-state index < -0.39 is 23.1 Å². The summed E-state index contributed by atoms with van der Waals surface area (Å²) >= 11 is 2.93. The van der Waals surface area contributed by atoms with Crippen LogP contribution in [-0.4, -0.2) is 15.9 Å². The zero-order valence-corrected chi connectivity index (χ0v) is 9.88. The van der Waals surface area contributed by atoms with Gasteiger partial charge in [-0.05, 0) is 12.1 Å². The molecule has 7 heteroatoms. The average molecular weight is 302 g/mol. The maximum absolute atomic E-state index is 13.4. The van der Waals surface area contributed by atoms with E-state index in [1.807, 2.05) is 0 Å². The molecule has 0 radical (unpaired) electrons. The number of anilines is 1. The van der Waals surface area contributed by atoms with E-state index in [4.69, 9.17) is 0 Å². The molecule has 0 aliphatic rings. The molecule has 4 nitrogen and oxygen atoms in total. The molecule has 1 aromatic heterocycles. The summed E-state index contributed by atoms with van der Waals surface area (Å²) in [5.41, 5.74) is -0.649. The second kappa shape index (κ2) is 4.62. The van der Waals surface area contributed by atoms with E-state index in [-0.39, 0.29) is 10.4 Å². The topological polar surface area (TPSA) is 57.8 Å². The van der Waals surface area contributed by atoms with Gasteiger partial charge in [0.25, 0.3) is 5.91 Å². The van der Waals surface area contributed by atoms with Gasteiger partial charge in [-0.1, -0.05) is 15.9 Å². The number of imidazole rings is 1. The first kappa shape index (κ1) is 11.7. The summed E-state index contributed by atoms with van der Waals surface area (Å²) < 4.78 is 27.1. The van der Waals surface area contributed by atoms with Crippen LogP contribution in [0.3, 0.4) is 0 Å². The van der Waals surface area contributed by atoms with Crippen molar-refractivity contribution < 1.29 is 13.6 Å². The summed E-state index contributed by atoms with van der Waals surface area (Å²) in [4.78, 5) is 17.9. The van der Waals surface area contributed by atoms with Crippen molar-refractivity contribution in [2.75, 3.05) is 5.32 Å². The van der Waals surface area contributed by atoms with Gasteiger partial charge in [-0.3, -0.25) is 10.1 Å². The number of hydrogen-bond donors (Lipinski definition) is 2. The van der Waals surface area contributed by atoms with Crippen LogP contribution in [0.2, 0.25) is 0 Å². The summed E-state index contributed by atoms with van der Waals surface area (Å²) in [7, 11) is 0. The monoisotopic (exact) mass is 301 g/mol. The molecule has 1 amide bonds. The van der Waals surface area contributed by atoms with Crippen molar-refractivity contribution in [2.24, 2.45) is 0 Å². The molecule has 0 spiro atoms. The predicted molar refractivity (Wildman–Crippen MR) is 60.6 cm³/mol. The van der Waals surface area contributed by atoms with Gasteiger partial charge < -0.3 is 4.98 Å². The molecule has 0 saturated carbocycles. The highest BCUT2D eigenvalue weighted by Gasteiger charge is 2.18. The molecule has 2 rings (SSSR count). The Morgan fingerprint density at radius 2 is 2.00 bits per heavy atom. The van der Waals surface area contributed by atoms with Gasteiger partial charge in [0.15, 0.2) is 0 Å². The largest absolute Gasteiger partial charge is 0.331 e. The van der Waals surface area contributed by atoms with Crippen molar-refractivity contribution in [3.8, 4) is 0 Å². The lowest BCUT2D eigenvalue weighted by Crippen LogP contribution is -2.16.